The molecule has 204 valence electrons. The topological polar surface area (TPSA) is 79.4 Å². The van der Waals surface area contributed by atoms with Gasteiger partial charge in [0.1, 0.15) is 11.3 Å². The number of hydrogen-bond acceptors (Lipinski definition) is 6. The highest BCUT2D eigenvalue weighted by atomic mass is 32.1. The minimum atomic E-state index is -0.502. The maximum absolute atomic E-state index is 13.8. The van der Waals surface area contributed by atoms with Crippen molar-refractivity contribution in [2.45, 2.75) is 13.8 Å². The zero-order chi connectivity index (χ0) is 28.2. The van der Waals surface area contributed by atoms with Gasteiger partial charge in [0.25, 0.3) is 17.7 Å². The molecule has 0 aromatic heterocycles. The second-order valence-corrected chi connectivity index (χ2v) is 9.94. The third-order valence-electron chi connectivity index (χ3n) is 6.93. The number of morpholine rings is 1. The summed E-state index contributed by atoms with van der Waals surface area (Å²) in [5.41, 5.74) is 3.85. The predicted molar refractivity (Wildman–Crippen MR) is 157 cm³/mol. The lowest BCUT2D eigenvalue weighted by Crippen LogP contribution is -2.57. The Balaban J connectivity index is 1.42. The van der Waals surface area contributed by atoms with Crippen molar-refractivity contribution in [3.63, 3.8) is 0 Å². The van der Waals surface area contributed by atoms with E-state index in [0.29, 0.717) is 49.0 Å². The molecule has 3 aromatic carbocycles. The number of para-hydroxylation sites is 1. The Morgan fingerprint density at radius 3 is 2.17 bits per heavy atom. The summed E-state index contributed by atoms with van der Waals surface area (Å²) < 4.78 is 11.0. The first-order valence-electron chi connectivity index (χ1n) is 13.0. The number of ether oxygens (including phenoxy) is 2. The minimum Gasteiger partial charge on any atom is -0.484 e. The van der Waals surface area contributed by atoms with Gasteiger partial charge in [-0.1, -0.05) is 36.4 Å². The van der Waals surface area contributed by atoms with Crippen LogP contribution in [0.3, 0.4) is 0 Å². The first kappa shape index (κ1) is 27.2. The molecule has 2 heterocycles. The molecule has 0 radical (unpaired) electrons. The van der Waals surface area contributed by atoms with Crippen LogP contribution >= 0.6 is 12.2 Å². The lowest BCUT2D eigenvalue weighted by Gasteiger charge is -2.36. The van der Waals surface area contributed by atoms with E-state index in [2.05, 4.69) is 0 Å². The molecular weight excluding hydrogens is 526 g/mol. The second kappa shape index (κ2) is 11.8. The highest BCUT2D eigenvalue weighted by molar-refractivity contribution is 7.81. The van der Waals surface area contributed by atoms with E-state index in [4.69, 9.17) is 21.7 Å². The summed E-state index contributed by atoms with van der Waals surface area (Å²) in [7, 11) is 0. The fraction of sp³-hybridized carbons (Fsp3) is 0.226. The summed E-state index contributed by atoms with van der Waals surface area (Å²) in [4.78, 5) is 44.3. The van der Waals surface area contributed by atoms with Gasteiger partial charge in [-0.05, 0) is 85.2 Å². The largest absolute Gasteiger partial charge is 0.484 e. The number of anilines is 2. The molecule has 2 fully saturated rings. The minimum absolute atomic E-state index is 0.0214. The van der Waals surface area contributed by atoms with Gasteiger partial charge >= 0.3 is 0 Å². The van der Waals surface area contributed by atoms with Crippen LogP contribution in [0.25, 0.3) is 6.08 Å². The zero-order valence-corrected chi connectivity index (χ0v) is 23.1. The van der Waals surface area contributed by atoms with Gasteiger partial charge in [-0.25, -0.2) is 0 Å². The Morgan fingerprint density at radius 2 is 1.52 bits per heavy atom. The molecule has 0 atom stereocenters. The van der Waals surface area contributed by atoms with Crippen LogP contribution in [-0.4, -0.2) is 60.6 Å². The maximum atomic E-state index is 13.8. The molecule has 0 spiro atoms. The van der Waals surface area contributed by atoms with E-state index >= 15 is 0 Å². The molecule has 9 heteroatoms. The molecule has 2 aliphatic heterocycles. The first-order chi connectivity index (χ1) is 19.3. The molecule has 3 aromatic rings. The van der Waals surface area contributed by atoms with Crippen molar-refractivity contribution in [3.05, 3.63) is 95.1 Å². The van der Waals surface area contributed by atoms with Crippen molar-refractivity contribution in [3.8, 4) is 5.75 Å². The van der Waals surface area contributed by atoms with E-state index in [1.54, 1.807) is 47.4 Å². The highest BCUT2D eigenvalue weighted by Crippen LogP contribution is 2.31. The number of hydrogen-bond donors (Lipinski definition) is 0. The van der Waals surface area contributed by atoms with E-state index < -0.39 is 11.8 Å². The fourth-order valence-electron chi connectivity index (χ4n) is 4.50. The average Bonchev–Trinajstić information content (AvgIpc) is 2.97. The maximum Gasteiger partial charge on any atom is 0.270 e. The zero-order valence-electron chi connectivity index (χ0n) is 22.3. The number of carbonyl (C=O) groups is 3. The van der Waals surface area contributed by atoms with Crippen LogP contribution < -0.4 is 14.5 Å². The molecule has 40 heavy (non-hydrogen) atoms. The van der Waals surface area contributed by atoms with Crippen LogP contribution in [0, 0.1) is 13.8 Å². The average molecular weight is 556 g/mol. The third-order valence-corrected chi connectivity index (χ3v) is 7.30. The number of thiocarbonyl (C=S) groups is 1. The molecule has 2 aliphatic rings. The molecule has 0 aliphatic carbocycles. The lowest BCUT2D eigenvalue weighted by atomic mass is 10.0. The van der Waals surface area contributed by atoms with Gasteiger partial charge in [-0.2, -0.15) is 0 Å². The number of aryl methyl sites for hydroxylation is 2. The van der Waals surface area contributed by atoms with Gasteiger partial charge in [0, 0.05) is 13.1 Å². The number of rotatable bonds is 6. The van der Waals surface area contributed by atoms with Gasteiger partial charge in [0.2, 0.25) is 0 Å². The van der Waals surface area contributed by atoms with E-state index in [0.717, 1.165) is 11.1 Å². The first-order valence-corrected chi connectivity index (χ1v) is 13.4. The van der Waals surface area contributed by atoms with Crippen LogP contribution in [-0.2, 0) is 19.1 Å². The van der Waals surface area contributed by atoms with Crippen LogP contribution in [0.1, 0.15) is 16.7 Å². The summed E-state index contributed by atoms with van der Waals surface area (Å²) in [6.45, 7) is 6.04. The summed E-state index contributed by atoms with van der Waals surface area (Å²) in [5, 5.41) is 0.0929. The summed E-state index contributed by atoms with van der Waals surface area (Å²) in [5.74, 6) is -0.593. The smallest absolute Gasteiger partial charge is 0.270 e. The van der Waals surface area contributed by atoms with E-state index in [9.17, 15) is 14.4 Å². The SMILES string of the molecule is Cc1ccc(N2C(=O)/C(=C/c3ccc(OCC(=O)N4CCOCC4)cc3)C(=O)N(c3ccccc3)C2=S)cc1C. The summed E-state index contributed by atoms with van der Waals surface area (Å²) in [6, 6.07) is 21.6. The van der Waals surface area contributed by atoms with Gasteiger partial charge in [-0.3, -0.25) is 24.2 Å². The molecule has 0 saturated carbocycles. The molecule has 5 rings (SSSR count). The lowest BCUT2D eigenvalue weighted by molar-refractivity contribution is -0.137. The standard InChI is InChI=1S/C31H29N3O5S/c1-21-8-11-25(18-22(21)2)34-30(37)27(29(36)33(31(34)40)24-6-4-3-5-7-24)19-23-9-12-26(13-10-23)39-20-28(35)32-14-16-38-17-15-32/h3-13,18-19H,14-17,20H2,1-2H3/b27-19+. The van der Waals surface area contributed by atoms with Crippen molar-refractivity contribution in [1.82, 2.24) is 4.90 Å². The number of nitrogens with zero attached hydrogens (tertiary/aromatic N) is 3. The molecule has 0 N–H and O–H groups in total. The molecular formula is C31H29N3O5S. The van der Waals surface area contributed by atoms with E-state index in [-0.39, 0.29) is 23.2 Å². The monoisotopic (exact) mass is 555 g/mol. The molecule has 2 saturated heterocycles. The molecule has 0 bridgehead atoms. The second-order valence-electron chi connectivity index (χ2n) is 9.58. The van der Waals surface area contributed by atoms with Crippen molar-refractivity contribution in [2.24, 2.45) is 0 Å². The highest BCUT2D eigenvalue weighted by Gasteiger charge is 2.41. The molecule has 3 amide bonds. The van der Waals surface area contributed by atoms with E-state index in [1.807, 2.05) is 50.2 Å². The third kappa shape index (κ3) is 5.66. The van der Waals surface area contributed by atoms with E-state index in [1.165, 1.54) is 9.80 Å². The predicted octanol–water partition coefficient (Wildman–Crippen LogP) is 4.29. The Morgan fingerprint density at radius 1 is 0.875 bits per heavy atom. The van der Waals surface area contributed by atoms with Crippen LogP contribution in [0.2, 0.25) is 0 Å². The Kier molecular flexibility index (Phi) is 8.04. The van der Waals surface area contributed by atoms with Crippen LogP contribution in [0.15, 0.2) is 78.4 Å². The van der Waals surface area contributed by atoms with Gasteiger partial charge in [0.15, 0.2) is 11.7 Å². The normalized spacial score (nSPS) is 17.0. The van der Waals surface area contributed by atoms with Gasteiger partial charge < -0.3 is 14.4 Å². The van der Waals surface area contributed by atoms with Crippen LogP contribution in [0.4, 0.5) is 11.4 Å². The molecule has 0 unspecified atom stereocenters. The van der Waals surface area contributed by atoms with Crippen molar-refractivity contribution < 1.29 is 23.9 Å². The summed E-state index contributed by atoms with van der Waals surface area (Å²) >= 11 is 5.70. The Bertz CT molecular complexity index is 1480. The number of benzene rings is 3. The number of carbonyl (C=O) groups excluding carboxylic acids is 3. The Hall–Kier alpha value is -4.34. The quantitative estimate of drug-likeness (QED) is 0.257. The van der Waals surface area contributed by atoms with Gasteiger partial charge in [0.05, 0.1) is 24.6 Å². The fourth-order valence-corrected chi connectivity index (χ4v) is 4.88. The van der Waals surface area contributed by atoms with Crippen molar-refractivity contribution in [2.75, 3.05) is 42.7 Å². The molecule has 8 nitrogen and oxygen atoms in total. The van der Waals surface area contributed by atoms with Crippen molar-refractivity contribution >= 4 is 52.5 Å². The van der Waals surface area contributed by atoms with Gasteiger partial charge in [-0.15, -0.1) is 0 Å². The van der Waals surface area contributed by atoms with Crippen molar-refractivity contribution in [1.29, 1.82) is 0 Å². The Labute approximate surface area is 238 Å². The number of amides is 3. The van der Waals surface area contributed by atoms with Crippen LogP contribution in [0.5, 0.6) is 5.75 Å². The summed E-state index contributed by atoms with van der Waals surface area (Å²) in [6.07, 6.45) is 1.55.